The molecular weight excluding hydrogens is 150 g/mol. The first-order valence-corrected chi connectivity index (χ1v) is 3.87. The molecule has 1 aromatic rings. The molecule has 1 amide bonds. The van der Waals surface area contributed by atoms with Crippen LogP contribution in [-0.2, 0) is 0 Å². The minimum Gasteiger partial charge on any atom is -0.337 e. The maximum atomic E-state index is 11.5. The molecule has 0 bridgehead atoms. The van der Waals surface area contributed by atoms with Crippen LogP contribution in [0.5, 0.6) is 0 Å². The van der Waals surface area contributed by atoms with Crippen molar-refractivity contribution >= 4 is 5.91 Å². The molecule has 0 saturated carbocycles. The van der Waals surface area contributed by atoms with E-state index in [-0.39, 0.29) is 5.91 Å². The minimum atomic E-state index is 0.0260. The van der Waals surface area contributed by atoms with Crippen molar-refractivity contribution < 1.29 is 4.79 Å². The molecule has 1 aromatic carbocycles. The van der Waals surface area contributed by atoms with E-state index in [1.54, 1.807) is 18.5 Å². The molecule has 0 N–H and O–H groups in total. The molecule has 0 aromatic heterocycles. The van der Waals surface area contributed by atoms with Crippen molar-refractivity contribution in [1.29, 1.82) is 0 Å². The number of carbonyl (C=O) groups is 1. The van der Waals surface area contributed by atoms with Crippen LogP contribution in [0.1, 0.15) is 17.3 Å². The molecule has 0 aliphatic rings. The van der Waals surface area contributed by atoms with Gasteiger partial charge in [0.2, 0.25) is 0 Å². The van der Waals surface area contributed by atoms with Gasteiger partial charge in [-0.1, -0.05) is 18.2 Å². The fourth-order valence-corrected chi connectivity index (χ4v) is 0.902. The lowest BCUT2D eigenvalue weighted by molar-refractivity contribution is 0.0832. The first-order valence-electron chi connectivity index (χ1n) is 3.87. The topological polar surface area (TPSA) is 20.3 Å². The van der Waals surface area contributed by atoms with Crippen molar-refractivity contribution in [3.8, 4) is 0 Å². The van der Waals surface area contributed by atoms with Gasteiger partial charge in [0.05, 0.1) is 0 Å². The molecule has 0 spiro atoms. The summed E-state index contributed by atoms with van der Waals surface area (Å²) in [6.07, 6.45) is 0. The molecule has 0 aliphatic carbocycles. The van der Waals surface area contributed by atoms with E-state index in [4.69, 9.17) is 0 Å². The molecule has 1 radical (unpaired) electrons. The Morgan fingerprint density at radius 1 is 1.33 bits per heavy atom. The fraction of sp³-hybridized carbons (Fsp3) is 0.200. The molecule has 0 saturated heterocycles. The van der Waals surface area contributed by atoms with Crippen LogP contribution in [-0.4, -0.2) is 17.9 Å². The van der Waals surface area contributed by atoms with Gasteiger partial charge in [-0.05, 0) is 19.1 Å². The summed E-state index contributed by atoms with van der Waals surface area (Å²) in [6.45, 7) is 3.58. The van der Waals surface area contributed by atoms with Crippen LogP contribution in [0.15, 0.2) is 30.3 Å². The molecule has 2 heteroatoms. The summed E-state index contributed by atoms with van der Waals surface area (Å²) in [7, 11) is 1.75. The lowest BCUT2D eigenvalue weighted by atomic mass is 10.2. The predicted molar refractivity (Wildman–Crippen MR) is 48.5 cm³/mol. The van der Waals surface area contributed by atoms with Crippen molar-refractivity contribution in [2.45, 2.75) is 6.92 Å². The second kappa shape index (κ2) is 3.90. The zero-order valence-corrected chi connectivity index (χ0v) is 7.32. The summed E-state index contributed by atoms with van der Waals surface area (Å²) < 4.78 is 0. The van der Waals surface area contributed by atoms with E-state index in [1.807, 2.05) is 37.3 Å². The third kappa shape index (κ3) is 1.84. The van der Waals surface area contributed by atoms with Gasteiger partial charge in [0, 0.05) is 19.2 Å². The van der Waals surface area contributed by atoms with Crippen LogP contribution < -0.4 is 0 Å². The number of rotatable bonds is 2. The van der Waals surface area contributed by atoms with Gasteiger partial charge in [-0.15, -0.1) is 0 Å². The normalized spacial score (nSPS) is 9.50. The van der Waals surface area contributed by atoms with E-state index >= 15 is 0 Å². The summed E-state index contributed by atoms with van der Waals surface area (Å²) in [6, 6.07) is 9.23. The number of nitrogens with zero attached hydrogens (tertiary/aromatic N) is 1. The van der Waals surface area contributed by atoms with Crippen molar-refractivity contribution in [3.63, 3.8) is 0 Å². The summed E-state index contributed by atoms with van der Waals surface area (Å²) >= 11 is 0. The van der Waals surface area contributed by atoms with Gasteiger partial charge in [-0.25, -0.2) is 0 Å². The Hall–Kier alpha value is -1.31. The maximum absolute atomic E-state index is 11.5. The minimum absolute atomic E-state index is 0.0260. The highest BCUT2D eigenvalue weighted by molar-refractivity contribution is 5.94. The number of amides is 1. The Morgan fingerprint density at radius 2 is 1.92 bits per heavy atom. The van der Waals surface area contributed by atoms with E-state index in [0.29, 0.717) is 0 Å². The van der Waals surface area contributed by atoms with E-state index in [1.165, 1.54) is 0 Å². The molecule has 0 atom stereocenters. The van der Waals surface area contributed by atoms with Gasteiger partial charge in [0.1, 0.15) is 0 Å². The second-order valence-corrected chi connectivity index (χ2v) is 2.54. The highest BCUT2D eigenvalue weighted by atomic mass is 16.2. The van der Waals surface area contributed by atoms with Crippen molar-refractivity contribution in [2.24, 2.45) is 0 Å². The Kier molecular flexibility index (Phi) is 2.86. The molecular formula is C10H12NO. The lowest BCUT2D eigenvalue weighted by Crippen LogP contribution is -2.22. The zero-order valence-electron chi connectivity index (χ0n) is 7.32. The fourth-order valence-electron chi connectivity index (χ4n) is 0.902. The first-order chi connectivity index (χ1) is 5.75. The van der Waals surface area contributed by atoms with Crippen LogP contribution >= 0.6 is 0 Å². The van der Waals surface area contributed by atoms with E-state index in [0.717, 1.165) is 5.56 Å². The van der Waals surface area contributed by atoms with Crippen LogP contribution in [0.2, 0.25) is 0 Å². The smallest absolute Gasteiger partial charge is 0.253 e. The van der Waals surface area contributed by atoms with Gasteiger partial charge < -0.3 is 4.90 Å². The van der Waals surface area contributed by atoms with Crippen LogP contribution in [0.3, 0.4) is 0 Å². The number of hydrogen-bond acceptors (Lipinski definition) is 1. The van der Waals surface area contributed by atoms with Crippen LogP contribution in [0.25, 0.3) is 0 Å². The molecule has 0 unspecified atom stereocenters. The van der Waals surface area contributed by atoms with Crippen molar-refractivity contribution in [2.75, 3.05) is 7.05 Å². The Labute approximate surface area is 72.8 Å². The molecule has 1 rings (SSSR count). The van der Waals surface area contributed by atoms with E-state index in [2.05, 4.69) is 0 Å². The second-order valence-electron chi connectivity index (χ2n) is 2.54. The van der Waals surface area contributed by atoms with Gasteiger partial charge in [-0.3, -0.25) is 4.79 Å². The Balaban J connectivity index is 2.79. The predicted octanol–water partition coefficient (Wildman–Crippen LogP) is 1.94. The van der Waals surface area contributed by atoms with Crippen LogP contribution in [0.4, 0.5) is 0 Å². The maximum Gasteiger partial charge on any atom is 0.253 e. The molecule has 0 aliphatic heterocycles. The van der Waals surface area contributed by atoms with Crippen molar-refractivity contribution in [3.05, 3.63) is 42.4 Å². The average Bonchev–Trinajstić information content (AvgIpc) is 2.17. The molecule has 0 heterocycles. The monoisotopic (exact) mass is 162 g/mol. The summed E-state index contributed by atoms with van der Waals surface area (Å²) in [4.78, 5) is 13.0. The van der Waals surface area contributed by atoms with Gasteiger partial charge in [0.25, 0.3) is 5.91 Å². The van der Waals surface area contributed by atoms with Crippen LogP contribution in [0, 0.1) is 6.54 Å². The Bertz CT molecular complexity index is 256. The molecule has 63 valence electrons. The standard InChI is InChI=1S/C10H12NO/c1-3-11(2)10(12)9-7-5-4-6-8-9/h3-8H,1-2H3. The zero-order chi connectivity index (χ0) is 8.97. The highest BCUT2D eigenvalue weighted by Crippen LogP contribution is 2.03. The SMILES string of the molecule is C[CH]N(C)C(=O)c1ccccc1. The highest BCUT2D eigenvalue weighted by Gasteiger charge is 2.07. The van der Waals surface area contributed by atoms with Gasteiger partial charge in [-0.2, -0.15) is 0 Å². The van der Waals surface area contributed by atoms with Crippen molar-refractivity contribution in [1.82, 2.24) is 4.90 Å². The average molecular weight is 162 g/mol. The number of carbonyl (C=O) groups excluding carboxylic acids is 1. The lowest BCUT2D eigenvalue weighted by Gasteiger charge is -2.13. The first kappa shape index (κ1) is 8.78. The third-order valence-electron chi connectivity index (χ3n) is 1.73. The number of benzene rings is 1. The largest absolute Gasteiger partial charge is 0.337 e. The summed E-state index contributed by atoms with van der Waals surface area (Å²) in [5.41, 5.74) is 0.720. The molecule has 12 heavy (non-hydrogen) atoms. The van der Waals surface area contributed by atoms with Gasteiger partial charge >= 0.3 is 0 Å². The molecule has 2 nitrogen and oxygen atoms in total. The third-order valence-corrected chi connectivity index (χ3v) is 1.73. The summed E-state index contributed by atoms with van der Waals surface area (Å²) in [5.74, 6) is 0.0260. The Morgan fingerprint density at radius 3 is 2.42 bits per heavy atom. The summed E-state index contributed by atoms with van der Waals surface area (Å²) in [5, 5.41) is 0. The van der Waals surface area contributed by atoms with E-state index < -0.39 is 0 Å². The quantitative estimate of drug-likeness (QED) is 0.650. The molecule has 0 fully saturated rings. The van der Waals surface area contributed by atoms with Gasteiger partial charge in [0.15, 0.2) is 0 Å². The van der Waals surface area contributed by atoms with E-state index in [9.17, 15) is 4.79 Å². The number of hydrogen-bond donors (Lipinski definition) is 0.